The van der Waals surface area contributed by atoms with Gasteiger partial charge in [0.2, 0.25) is 0 Å². The highest BCUT2D eigenvalue weighted by molar-refractivity contribution is 7.53. The molecule has 1 heterocycles. The molecular weight excluding hydrogens is 266 g/mol. The molecule has 0 aliphatic carbocycles. The van der Waals surface area contributed by atoms with Gasteiger partial charge in [-0.25, -0.2) is 0 Å². The van der Waals surface area contributed by atoms with Crippen LogP contribution in [-0.4, -0.2) is 40.3 Å². The lowest BCUT2D eigenvalue weighted by Gasteiger charge is -2.37. The van der Waals surface area contributed by atoms with Crippen LogP contribution in [0.3, 0.4) is 0 Å². The van der Waals surface area contributed by atoms with Gasteiger partial charge in [-0.05, 0) is 6.42 Å². The van der Waals surface area contributed by atoms with Gasteiger partial charge < -0.3 is 18.1 Å². The Bertz CT molecular complexity index is 343. The smallest absolute Gasteiger partial charge is 0.312 e. The molecule has 0 spiro atoms. The van der Waals surface area contributed by atoms with E-state index in [1.54, 1.807) is 0 Å². The SMILES string of the molecule is CCC1(CO[P@@](C)(=O)OC)COP(C)(=O)OC1. The summed E-state index contributed by atoms with van der Waals surface area (Å²) in [4.78, 5) is 0. The molecule has 0 saturated carbocycles. The highest BCUT2D eigenvalue weighted by Crippen LogP contribution is 2.52. The van der Waals surface area contributed by atoms with Gasteiger partial charge in [0, 0.05) is 25.9 Å². The van der Waals surface area contributed by atoms with Crippen LogP contribution < -0.4 is 0 Å². The van der Waals surface area contributed by atoms with Crippen molar-refractivity contribution in [3.63, 3.8) is 0 Å². The molecule has 0 unspecified atom stereocenters. The van der Waals surface area contributed by atoms with Crippen LogP contribution in [0.15, 0.2) is 0 Å². The Labute approximate surface area is 102 Å². The summed E-state index contributed by atoms with van der Waals surface area (Å²) < 4.78 is 43.6. The highest BCUT2D eigenvalue weighted by Gasteiger charge is 2.40. The van der Waals surface area contributed by atoms with Gasteiger partial charge in [0.25, 0.3) is 0 Å². The predicted octanol–water partition coefficient (Wildman–Crippen LogP) is 2.74. The average Bonchev–Trinajstić information content (AvgIpc) is 2.29. The molecule has 0 aromatic heterocycles. The standard InChI is InChI=1S/C9H20O6P2/c1-5-9(6-13-16(3,10)12-2)7-14-17(4,11)15-8-9/h5-8H2,1-4H3/t9?,16-,17?/m0/s1. The van der Waals surface area contributed by atoms with Crippen molar-refractivity contribution in [3.05, 3.63) is 0 Å². The topological polar surface area (TPSA) is 71.1 Å². The van der Waals surface area contributed by atoms with Crippen LogP contribution in [0, 0.1) is 5.41 Å². The Morgan fingerprint density at radius 2 is 1.94 bits per heavy atom. The summed E-state index contributed by atoms with van der Waals surface area (Å²) in [6, 6.07) is 0. The molecule has 1 rings (SSSR count). The maximum atomic E-state index is 11.6. The van der Waals surface area contributed by atoms with Crippen LogP contribution in [0.25, 0.3) is 0 Å². The molecule has 6 nitrogen and oxygen atoms in total. The Balaban J connectivity index is 2.60. The molecule has 1 atom stereocenters. The minimum Gasteiger partial charge on any atom is -0.312 e. The summed E-state index contributed by atoms with van der Waals surface area (Å²) >= 11 is 0. The lowest BCUT2D eigenvalue weighted by molar-refractivity contribution is -0.0168. The Morgan fingerprint density at radius 3 is 2.35 bits per heavy atom. The molecule has 17 heavy (non-hydrogen) atoms. The van der Waals surface area contributed by atoms with Crippen molar-refractivity contribution < 1.29 is 27.2 Å². The lowest BCUT2D eigenvalue weighted by Crippen LogP contribution is -2.38. The van der Waals surface area contributed by atoms with E-state index in [0.29, 0.717) is 0 Å². The van der Waals surface area contributed by atoms with Crippen molar-refractivity contribution in [3.8, 4) is 0 Å². The summed E-state index contributed by atoms with van der Waals surface area (Å²) in [7, 11) is -4.57. The Hall–Kier alpha value is 0.300. The summed E-state index contributed by atoms with van der Waals surface area (Å²) in [5, 5.41) is 0. The van der Waals surface area contributed by atoms with Crippen LogP contribution in [0.1, 0.15) is 13.3 Å². The molecule has 102 valence electrons. The first-order valence-corrected chi connectivity index (χ1v) is 9.37. The fourth-order valence-electron chi connectivity index (χ4n) is 1.28. The second-order valence-electron chi connectivity index (χ2n) is 4.40. The third kappa shape index (κ3) is 4.47. The first-order valence-electron chi connectivity index (χ1n) is 5.39. The predicted molar refractivity (Wildman–Crippen MR) is 64.7 cm³/mol. The molecule has 0 aromatic carbocycles. The summed E-state index contributed by atoms with van der Waals surface area (Å²) in [6.07, 6.45) is 0.719. The van der Waals surface area contributed by atoms with Gasteiger partial charge in [-0.2, -0.15) is 0 Å². The molecule has 0 N–H and O–H groups in total. The van der Waals surface area contributed by atoms with E-state index in [-0.39, 0.29) is 19.8 Å². The normalized spacial score (nSPS) is 37.6. The van der Waals surface area contributed by atoms with E-state index in [4.69, 9.17) is 18.1 Å². The zero-order chi connectivity index (χ0) is 13.2. The molecule has 1 aliphatic heterocycles. The highest BCUT2D eigenvalue weighted by atomic mass is 31.2. The van der Waals surface area contributed by atoms with Gasteiger partial charge in [0.15, 0.2) is 0 Å². The van der Waals surface area contributed by atoms with E-state index in [1.165, 1.54) is 20.4 Å². The largest absolute Gasteiger partial charge is 0.327 e. The first-order chi connectivity index (χ1) is 7.74. The molecule has 0 bridgehead atoms. The minimum atomic E-state index is -3.01. The Morgan fingerprint density at radius 1 is 1.41 bits per heavy atom. The van der Waals surface area contributed by atoms with E-state index in [2.05, 4.69) is 0 Å². The van der Waals surface area contributed by atoms with Gasteiger partial charge >= 0.3 is 15.2 Å². The van der Waals surface area contributed by atoms with Gasteiger partial charge in [-0.3, -0.25) is 9.13 Å². The van der Waals surface area contributed by atoms with E-state index >= 15 is 0 Å². The van der Waals surface area contributed by atoms with Gasteiger partial charge in [-0.15, -0.1) is 0 Å². The van der Waals surface area contributed by atoms with Gasteiger partial charge in [-0.1, -0.05) is 6.92 Å². The van der Waals surface area contributed by atoms with Crippen molar-refractivity contribution in [1.82, 2.24) is 0 Å². The zero-order valence-corrected chi connectivity index (χ0v) is 12.5. The van der Waals surface area contributed by atoms with Crippen LogP contribution >= 0.6 is 15.2 Å². The van der Waals surface area contributed by atoms with E-state index < -0.39 is 20.6 Å². The number of hydrogen-bond acceptors (Lipinski definition) is 6. The monoisotopic (exact) mass is 286 g/mol. The van der Waals surface area contributed by atoms with Crippen LogP contribution in [-0.2, 0) is 27.2 Å². The average molecular weight is 286 g/mol. The van der Waals surface area contributed by atoms with E-state index in [1.807, 2.05) is 6.92 Å². The zero-order valence-electron chi connectivity index (χ0n) is 10.7. The van der Waals surface area contributed by atoms with Crippen LogP contribution in [0.2, 0.25) is 0 Å². The molecule has 1 fully saturated rings. The maximum absolute atomic E-state index is 11.6. The molecule has 0 amide bonds. The van der Waals surface area contributed by atoms with Gasteiger partial charge in [0.1, 0.15) is 0 Å². The lowest BCUT2D eigenvalue weighted by atomic mass is 9.88. The minimum absolute atomic E-state index is 0.200. The first kappa shape index (κ1) is 15.4. The van der Waals surface area contributed by atoms with Crippen molar-refractivity contribution in [2.75, 3.05) is 40.3 Å². The second kappa shape index (κ2) is 5.52. The van der Waals surface area contributed by atoms with Gasteiger partial charge in [0.05, 0.1) is 19.8 Å². The van der Waals surface area contributed by atoms with Crippen molar-refractivity contribution >= 4 is 15.2 Å². The van der Waals surface area contributed by atoms with Crippen molar-refractivity contribution in [2.45, 2.75) is 13.3 Å². The van der Waals surface area contributed by atoms with E-state index in [0.717, 1.165) is 6.42 Å². The quantitative estimate of drug-likeness (QED) is 0.724. The summed E-state index contributed by atoms with van der Waals surface area (Å²) in [6.45, 7) is 5.56. The maximum Gasteiger partial charge on any atom is 0.327 e. The molecule has 8 heteroatoms. The summed E-state index contributed by atoms with van der Waals surface area (Å²) in [5.74, 6) is 0. The molecule has 0 aromatic rings. The summed E-state index contributed by atoms with van der Waals surface area (Å²) in [5.41, 5.74) is -0.409. The van der Waals surface area contributed by atoms with Crippen molar-refractivity contribution in [1.29, 1.82) is 0 Å². The molecular formula is C9H20O6P2. The third-order valence-corrected chi connectivity index (χ3v) is 5.36. The molecule has 1 saturated heterocycles. The van der Waals surface area contributed by atoms with E-state index in [9.17, 15) is 9.13 Å². The molecule has 1 aliphatic rings. The van der Waals surface area contributed by atoms with Crippen molar-refractivity contribution in [2.24, 2.45) is 5.41 Å². The fraction of sp³-hybridized carbons (Fsp3) is 1.00. The van der Waals surface area contributed by atoms with Crippen LogP contribution in [0.5, 0.6) is 0 Å². The second-order valence-corrected chi connectivity index (χ2v) is 8.62. The fourth-order valence-corrected chi connectivity index (χ4v) is 2.99. The van der Waals surface area contributed by atoms with Crippen LogP contribution in [0.4, 0.5) is 0 Å². The molecule has 0 radical (unpaired) electrons. The number of hydrogen-bond donors (Lipinski definition) is 0. The third-order valence-electron chi connectivity index (χ3n) is 2.90. The Kier molecular flexibility index (Phi) is 4.98. The number of rotatable bonds is 5.